The lowest BCUT2D eigenvalue weighted by Gasteiger charge is -2.19. The van der Waals surface area contributed by atoms with Crippen molar-refractivity contribution in [3.05, 3.63) is 42.0 Å². The number of methoxy groups -OCH3 is 1. The largest absolute Gasteiger partial charge is 0.497 e. The lowest BCUT2D eigenvalue weighted by molar-refractivity contribution is -0.130. The maximum Gasteiger partial charge on any atom is 0.324 e. The number of benzene rings is 1. The Kier molecular flexibility index (Phi) is 5.56. The normalized spacial score (nSPS) is 27.4. The second-order valence-electron chi connectivity index (χ2n) is 8.14. The molecule has 2 aliphatic carbocycles. The highest BCUT2D eigenvalue weighted by atomic mass is 16.5. The number of rotatable bonds is 8. The van der Waals surface area contributed by atoms with Gasteiger partial charge in [-0.05, 0) is 54.7 Å². The van der Waals surface area contributed by atoms with E-state index in [1.807, 2.05) is 24.3 Å². The monoisotopic (exact) mass is 397 g/mol. The summed E-state index contributed by atoms with van der Waals surface area (Å²) in [5, 5.41) is 5.59. The van der Waals surface area contributed by atoms with E-state index in [9.17, 15) is 14.4 Å². The summed E-state index contributed by atoms with van der Waals surface area (Å²) >= 11 is 0. The van der Waals surface area contributed by atoms with Crippen LogP contribution in [0.25, 0.3) is 0 Å². The number of urea groups is 1. The van der Waals surface area contributed by atoms with Gasteiger partial charge in [-0.15, -0.1) is 0 Å². The number of fused-ring (bicyclic) bond motifs is 2. The quantitative estimate of drug-likeness (QED) is 0.518. The van der Waals surface area contributed by atoms with Crippen molar-refractivity contribution in [2.45, 2.75) is 31.7 Å². The smallest absolute Gasteiger partial charge is 0.324 e. The van der Waals surface area contributed by atoms with E-state index in [0.717, 1.165) is 17.7 Å². The standard InChI is InChI=1S/C22H27N3O4/c1-29-18-6-3-14(4-7-18)8-9-25-21(27)19(24-22(25)28)12-20(26)23-13-17-11-15-2-5-16(17)10-15/h2-7,15-17,19H,8-13H2,1H3,(H,23,26)(H,24,28)/t15-,16-,17+,19+/m1/s1. The van der Waals surface area contributed by atoms with Crippen LogP contribution in [-0.2, 0) is 16.0 Å². The predicted molar refractivity (Wildman–Crippen MR) is 107 cm³/mol. The molecule has 0 radical (unpaired) electrons. The van der Waals surface area contributed by atoms with Crippen molar-refractivity contribution < 1.29 is 19.1 Å². The summed E-state index contributed by atoms with van der Waals surface area (Å²) in [5.74, 6) is 1.97. The molecule has 1 aliphatic heterocycles. The number of hydrogen-bond donors (Lipinski definition) is 2. The van der Waals surface area contributed by atoms with E-state index in [1.165, 1.54) is 11.3 Å². The molecule has 1 aromatic rings. The van der Waals surface area contributed by atoms with Crippen LogP contribution < -0.4 is 15.4 Å². The van der Waals surface area contributed by atoms with Crippen molar-refractivity contribution in [1.29, 1.82) is 0 Å². The summed E-state index contributed by atoms with van der Waals surface area (Å²) in [6, 6.07) is 6.30. The summed E-state index contributed by atoms with van der Waals surface area (Å²) in [4.78, 5) is 38.3. The van der Waals surface area contributed by atoms with Crippen LogP contribution in [0.2, 0.25) is 0 Å². The van der Waals surface area contributed by atoms with Gasteiger partial charge in [-0.3, -0.25) is 14.5 Å². The molecule has 4 rings (SSSR count). The summed E-state index contributed by atoms with van der Waals surface area (Å²) < 4.78 is 5.13. The number of carbonyl (C=O) groups is 3. The van der Waals surface area contributed by atoms with Crippen LogP contribution in [0.1, 0.15) is 24.8 Å². The molecule has 154 valence electrons. The fraction of sp³-hybridized carbons (Fsp3) is 0.500. The highest BCUT2D eigenvalue weighted by Gasteiger charge is 2.39. The second kappa shape index (κ2) is 8.27. The average Bonchev–Trinajstić information content (AvgIpc) is 3.41. The first-order chi connectivity index (χ1) is 14.0. The molecule has 1 aromatic carbocycles. The molecule has 7 heteroatoms. The van der Waals surface area contributed by atoms with Crippen LogP contribution in [0.15, 0.2) is 36.4 Å². The Labute approximate surface area is 170 Å². The van der Waals surface area contributed by atoms with Crippen LogP contribution in [0, 0.1) is 17.8 Å². The fourth-order valence-electron chi connectivity index (χ4n) is 4.59. The van der Waals surface area contributed by atoms with E-state index in [1.54, 1.807) is 7.11 Å². The Morgan fingerprint density at radius 1 is 1.21 bits per heavy atom. The van der Waals surface area contributed by atoms with E-state index in [0.29, 0.717) is 30.7 Å². The van der Waals surface area contributed by atoms with Gasteiger partial charge in [0.1, 0.15) is 11.8 Å². The number of amides is 4. The number of nitrogens with one attached hydrogen (secondary N) is 2. The van der Waals surface area contributed by atoms with Crippen LogP contribution in [-0.4, -0.2) is 49.0 Å². The van der Waals surface area contributed by atoms with Crippen LogP contribution in [0.3, 0.4) is 0 Å². The molecule has 2 N–H and O–H groups in total. The average molecular weight is 397 g/mol. The van der Waals surface area contributed by atoms with Crippen molar-refractivity contribution in [3.8, 4) is 5.75 Å². The summed E-state index contributed by atoms with van der Waals surface area (Å²) in [6.45, 7) is 0.924. The lowest BCUT2D eigenvalue weighted by atomic mass is 9.93. The molecule has 0 aromatic heterocycles. The van der Waals surface area contributed by atoms with Gasteiger partial charge in [-0.1, -0.05) is 24.3 Å². The Morgan fingerprint density at radius 2 is 2.00 bits per heavy atom. The zero-order valence-corrected chi connectivity index (χ0v) is 16.6. The third-order valence-electron chi connectivity index (χ3n) is 6.26. The Hall–Kier alpha value is -2.83. The van der Waals surface area contributed by atoms with Crippen molar-refractivity contribution in [3.63, 3.8) is 0 Å². The topological polar surface area (TPSA) is 87.7 Å². The molecule has 1 saturated heterocycles. The molecule has 29 heavy (non-hydrogen) atoms. The Bertz CT molecular complexity index is 820. The first kappa shape index (κ1) is 19.5. The van der Waals surface area contributed by atoms with Gasteiger partial charge < -0.3 is 15.4 Å². The van der Waals surface area contributed by atoms with Gasteiger partial charge in [0.2, 0.25) is 5.91 Å². The molecular formula is C22H27N3O4. The highest BCUT2D eigenvalue weighted by molar-refractivity contribution is 6.05. The van der Waals surface area contributed by atoms with Crippen LogP contribution in [0.4, 0.5) is 4.79 Å². The highest BCUT2D eigenvalue weighted by Crippen LogP contribution is 2.42. The molecular weight excluding hydrogens is 370 g/mol. The third kappa shape index (κ3) is 4.28. The van der Waals surface area contributed by atoms with E-state index >= 15 is 0 Å². The van der Waals surface area contributed by atoms with Gasteiger partial charge in [-0.2, -0.15) is 0 Å². The van der Waals surface area contributed by atoms with Crippen LogP contribution >= 0.6 is 0 Å². The van der Waals surface area contributed by atoms with Crippen molar-refractivity contribution in [2.24, 2.45) is 17.8 Å². The van der Waals surface area contributed by atoms with Crippen molar-refractivity contribution in [2.75, 3.05) is 20.2 Å². The maximum absolute atomic E-state index is 12.6. The number of nitrogens with zero attached hydrogens (tertiary/aromatic N) is 1. The van der Waals surface area contributed by atoms with E-state index in [2.05, 4.69) is 22.8 Å². The number of hydrogen-bond acceptors (Lipinski definition) is 4. The third-order valence-corrected chi connectivity index (χ3v) is 6.26. The van der Waals surface area contributed by atoms with Gasteiger partial charge in [-0.25, -0.2) is 4.79 Å². The van der Waals surface area contributed by atoms with Gasteiger partial charge in [0, 0.05) is 13.1 Å². The molecule has 0 unspecified atom stereocenters. The zero-order chi connectivity index (χ0) is 20.4. The molecule has 4 atom stereocenters. The predicted octanol–water partition coefficient (Wildman–Crippen LogP) is 1.88. The number of allylic oxidation sites excluding steroid dienone is 2. The number of imide groups is 1. The van der Waals surface area contributed by atoms with Gasteiger partial charge >= 0.3 is 6.03 Å². The summed E-state index contributed by atoms with van der Waals surface area (Å²) in [5.41, 5.74) is 1.01. The minimum Gasteiger partial charge on any atom is -0.497 e. The van der Waals surface area contributed by atoms with E-state index in [4.69, 9.17) is 4.74 Å². The summed E-state index contributed by atoms with van der Waals surface area (Å²) in [6.07, 6.45) is 7.39. The van der Waals surface area contributed by atoms with Gasteiger partial charge in [0.15, 0.2) is 0 Å². The summed E-state index contributed by atoms with van der Waals surface area (Å²) in [7, 11) is 1.60. The molecule has 1 heterocycles. The molecule has 0 spiro atoms. The number of carbonyl (C=O) groups excluding carboxylic acids is 3. The molecule has 3 aliphatic rings. The fourth-order valence-corrected chi connectivity index (χ4v) is 4.59. The molecule has 2 bridgehead atoms. The van der Waals surface area contributed by atoms with Gasteiger partial charge in [0.05, 0.1) is 13.5 Å². The molecule has 1 saturated carbocycles. The van der Waals surface area contributed by atoms with E-state index < -0.39 is 12.1 Å². The minimum absolute atomic E-state index is 0.0136. The maximum atomic E-state index is 12.6. The molecule has 2 fully saturated rings. The van der Waals surface area contributed by atoms with E-state index in [-0.39, 0.29) is 24.8 Å². The zero-order valence-electron chi connectivity index (χ0n) is 16.6. The Morgan fingerprint density at radius 3 is 2.66 bits per heavy atom. The lowest BCUT2D eigenvalue weighted by Crippen LogP contribution is -2.38. The minimum atomic E-state index is -0.779. The molecule has 7 nitrogen and oxygen atoms in total. The Balaban J connectivity index is 1.23. The van der Waals surface area contributed by atoms with Gasteiger partial charge in [0.25, 0.3) is 5.91 Å². The van der Waals surface area contributed by atoms with Crippen LogP contribution in [0.5, 0.6) is 5.75 Å². The first-order valence-corrected chi connectivity index (χ1v) is 10.2. The van der Waals surface area contributed by atoms with Crippen molar-refractivity contribution in [1.82, 2.24) is 15.5 Å². The molecule has 4 amide bonds. The van der Waals surface area contributed by atoms with Crippen molar-refractivity contribution >= 4 is 17.8 Å². The second-order valence-corrected chi connectivity index (χ2v) is 8.14. The SMILES string of the molecule is COc1ccc(CCN2C(=O)N[C@@H](CC(=O)NC[C@@H]3C[C@@H]4C=C[C@@H]3C4)C2=O)cc1. The first-order valence-electron chi connectivity index (χ1n) is 10.2. The number of ether oxygens (including phenoxy) is 1.